The molecule has 0 unspecified atom stereocenters. The minimum absolute atomic E-state index is 0.0234. The number of anilines is 1. The van der Waals surface area contributed by atoms with Crippen LogP contribution < -0.4 is 4.90 Å². The lowest BCUT2D eigenvalue weighted by Gasteiger charge is -2.18. The van der Waals surface area contributed by atoms with E-state index >= 15 is 0 Å². The second kappa shape index (κ2) is 5.40. The fourth-order valence-electron chi connectivity index (χ4n) is 2.61. The average Bonchev–Trinajstić information content (AvgIpc) is 3.18. The SMILES string of the molecule is O=Cc1ccc(-c2cc(N3CCCC3)ccc2[N+](=O)[O-])o1. The largest absolute Gasteiger partial charge is 0.453 e. The van der Waals surface area contributed by atoms with Crippen molar-refractivity contribution in [2.75, 3.05) is 18.0 Å². The quantitative estimate of drug-likeness (QED) is 0.490. The number of aldehydes is 1. The summed E-state index contributed by atoms with van der Waals surface area (Å²) in [5, 5.41) is 11.2. The molecule has 1 saturated heterocycles. The van der Waals surface area contributed by atoms with Crippen molar-refractivity contribution < 1.29 is 14.1 Å². The Morgan fingerprint density at radius 2 is 1.95 bits per heavy atom. The predicted octanol–water partition coefficient (Wildman–Crippen LogP) is 3.27. The summed E-state index contributed by atoms with van der Waals surface area (Å²) >= 11 is 0. The number of benzene rings is 1. The molecule has 0 spiro atoms. The summed E-state index contributed by atoms with van der Waals surface area (Å²) in [6.45, 7) is 1.91. The van der Waals surface area contributed by atoms with Crippen molar-refractivity contribution >= 4 is 17.7 Å². The van der Waals surface area contributed by atoms with Gasteiger partial charge >= 0.3 is 0 Å². The van der Waals surface area contributed by atoms with E-state index in [-0.39, 0.29) is 11.4 Å². The van der Waals surface area contributed by atoms with Gasteiger partial charge in [0.1, 0.15) is 5.76 Å². The van der Waals surface area contributed by atoms with E-state index in [0.717, 1.165) is 31.6 Å². The van der Waals surface area contributed by atoms with Crippen molar-refractivity contribution in [1.82, 2.24) is 0 Å². The minimum Gasteiger partial charge on any atom is -0.453 e. The Bertz CT molecular complexity index is 687. The summed E-state index contributed by atoms with van der Waals surface area (Å²) < 4.78 is 5.34. The Balaban J connectivity index is 2.07. The molecule has 0 N–H and O–H groups in total. The maximum absolute atomic E-state index is 11.2. The summed E-state index contributed by atoms with van der Waals surface area (Å²) in [5.41, 5.74) is 1.32. The number of carbonyl (C=O) groups is 1. The first kappa shape index (κ1) is 13.4. The molecule has 3 rings (SSSR count). The molecule has 0 aliphatic carbocycles. The Labute approximate surface area is 121 Å². The standard InChI is InChI=1S/C15H14N2O4/c18-10-12-4-6-15(21-12)13-9-11(16-7-1-2-8-16)3-5-14(13)17(19)20/h3-6,9-10H,1-2,7-8H2. The van der Waals surface area contributed by atoms with Gasteiger partial charge < -0.3 is 9.32 Å². The normalized spacial score (nSPS) is 14.4. The van der Waals surface area contributed by atoms with E-state index in [1.54, 1.807) is 18.2 Å². The molecule has 1 aromatic carbocycles. The van der Waals surface area contributed by atoms with Gasteiger partial charge in [0.05, 0.1) is 10.5 Å². The highest BCUT2D eigenvalue weighted by molar-refractivity contribution is 5.77. The third kappa shape index (κ3) is 2.52. The first-order chi connectivity index (χ1) is 10.2. The van der Waals surface area contributed by atoms with Crippen molar-refractivity contribution in [2.45, 2.75) is 12.8 Å². The number of nitro benzene ring substituents is 1. The number of furan rings is 1. The third-order valence-corrected chi connectivity index (χ3v) is 3.66. The molecule has 0 atom stereocenters. The molecule has 21 heavy (non-hydrogen) atoms. The lowest BCUT2D eigenvalue weighted by atomic mass is 10.1. The van der Waals surface area contributed by atoms with Gasteiger partial charge in [-0.1, -0.05) is 0 Å². The minimum atomic E-state index is -0.438. The molecule has 1 aliphatic heterocycles. The molecular formula is C15H14N2O4. The maximum atomic E-state index is 11.2. The topological polar surface area (TPSA) is 76.6 Å². The lowest BCUT2D eigenvalue weighted by molar-refractivity contribution is -0.384. The molecule has 6 heteroatoms. The zero-order valence-electron chi connectivity index (χ0n) is 11.3. The van der Waals surface area contributed by atoms with Crippen molar-refractivity contribution in [2.24, 2.45) is 0 Å². The molecule has 6 nitrogen and oxygen atoms in total. The van der Waals surface area contributed by atoms with Gasteiger partial charge in [-0.05, 0) is 37.1 Å². The summed E-state index contributed by atoms with van der Waals surface area (Å²) in [6.07, 6.45) is 2.84. The van der Waals surface area contributed by atoms with Crippen LogP contribution in [0.15, 0.2) is 34.7 Å². The van der Waals surface area contributed by atoms with Crippen molar-refractivity contribution in [3.63, 3.8) is 0 Å². The van der Waals surface area contributed by atoms with Crippen molar-refractivity contribution in [3.05, 3.63) is 46.2 Å². The number of hydrogen-bond donors (Lipinski definition) is 0. The van der Waals surface area contributed by atoms with Crippen molar-refractivity contribution in [1.29, 1.82) is 0 Å². The van der Waals surface area contributed by atoms with Crippen molar-refractivity contribution in [3.8, 4) is 11.3 Å². The van der Waals surface area contributed by atoms with E-state index in [0.29, 0.717) is 17.6 Å². The van der Waals surface area contributed by atoms with Gasteiger partial charge in [-0.25, -0.2) is 0 Å². The van der Waals surface area contributed by atoms with Gasteiger partial charge in [-0.15, -0.1) is 0 Å². The summed E-state index contributed by atoms with van der Waals surface area (Å²) in [5.74, 6) is 0.496. The number of nitrogens with zero attached hydrogens (tertiary/aromatic N) is 2. The molecule has 2 aromatic rings. The molecule has 1 aliphatic rings. The first-order valence-corrected chi connectivity index (χ1v) is 6.78. The summed E-state index contributed by atoms with van der Waals surface area (Å²) in [4.78, 5) is 23.6. The van der Waals surface area contributed by atoms with Crippen LogP contribution in [0.2, 0.25) is 0 Å². The van der Waals surface area contributed by atoms with Gasteiger partial charge in [0, 0.05) is 24.8 Å². The Hall–Kier alpha value is -2.63. The lowest BCUT2D eigenvalue weighted by Crippen LogP contribution is -2.17. The zero-order valence-corrected chi connectivity index (χ0v) is 11.3. The van der Waals surface area contributed by atoms with E-state index < -0.39 is 4.92 Å². The van der Waals surface area contributed by atoms with Crippen LogP contribution in [0.5, 0.6) is 0 Å². The maximum Gasteiger partial charge on any atom is 0.280 e. The fourth-order valence-corrected chi connectivity index (χ4v) is 2.61. The molecule has 0 bridgehead atoms. The van der Waals surface area contributed by atoms with E-state index in [4.69, 9.17) is 4.42 Å². The van der Waals surface area contributed by atoms with Crippen LogP contribution in [0.4, 0.5) is 11.4 Å². The van der Waals surface area contributed by atoms with E-state index in [9.17, 15) is 14.9 Å². The van der Waals surface area contributed by atoms with Crippen LogP contribution in [0.25, 0.3) is 11.3 Å². The van der Waals surface area contributed by atoms with Gasteiger partial charge in [-0.3, -0.25) is 14.9 Å². The van der Waals surface area contributed by atoms with Crippen LogP contribution in [0.3, 0.4) is 0 Å². The predicted molar refractivity (Wildman–Crippen MR) is 77.6 cm³/mol. The van der Waals surface area contributed by atoms with E-state index in [2.05, 4.69) is 4.90 Å². The number of rotatable bonds is 4. The van der Waals surface area contributed by atoms with E-state index in [1.165, 1.54) is 12.1 Å². The summed E-state index contributed by atoms with van der Waals surface area (Å²) in [6, 6.07) is 8.11. The van der Waals surface area contributed by atoms with Crippen LogP contribution in [0.1, 0.15) is 23.4 Å². The van der Waals surface area contributed by atoms with Crippen LogP contribution in [-0.2, 0) is 0 Å². The van der Waals surface area contributed by atoms with Gasteiger partial charge in [0.25, 0.3) is 5.69 Å². The Kier molecular flexibility index (Phi) is 3.43. The molecule has 0 radical (unpaired) electrons. The fraction of sp³-hybridized carbons (Fsp3) is 0.267. The molecule has 2 heterocycles. The van der Waals surface area contributed by atoms with Crippen LogP contribution in [-0.4, -0.2) is 24.3 Å². The zero-order chi connectivity index (χ0) is 14.8. The Morgan fingerprint density at radius 3 is 2.57 bits per heavy atom. The second-order valence-electron chi connectivity index (χ2n) is 4.97. The molecule has 0 saturated carbocycles. The molecule has 1 fully saturated rings. The second-order valence-corrected chi connectivity index (χ2v) is 4.97. The number of hydrogen-bond acceptors (Lipinski definition) is 5. The molecular weight excluding hydrogens is 272 g/mol. The van der Waals surface area contributed by atoms with Crippen LogP contribution >= 0.6 is 0 Å². The average molecular weight is 286 g/mol. The number of carbonyl (C=O) groups excluding carboxylic acids is 1. The monoisotopic (exact) mass is 286 g/mol. The van der Waals surface area contributed by atoms with Crippen LogP contribution in [0, 0.1) is 10.1 Å². The van der Waals surface area contributed by atoms with Gasteiger partial charge in [0.15, 0.2) is 12.0 Å². The Morgan fingerprint density at radius 1 is 1.19 bits per heavy atom. The number of nitro groups is 1. The third-order valence-electron chi connectivity index (χ3n) is 3.66. The molecule has 108 valence electrons. The smallest absolute Gasteiger partial charge is 0.280 e. The van der Waals surface area contributed by atoms with Gasteiger partial charge in [-0.2, -0.15) is 0 Å². The molecule has 1 aromatic heterocycles. The van der Waals surface area contributed by atoms with Gasteiger partial charge in [0.2, 0.25) is 0 Å². The molecule has 0 amide bonds. The highest BCUT2D eigenvalue weighted by Gasteiger charge is 2.21. The highest BCUT2D eigenvalue weighted by Crippen LogP contribution is 2.35. The first-order valence-electron chi connectivity index (χ1n) is 6.78. The van der Waals surface area contributed by atoms with E-state index in [1.807, 2.05) is 0 Å². The summed E-state index contributed by atoms with van der Waals surface area (Å²) in [7, 11) is 0. The highest BCUT2D eigenvalue weighted by atomic mass is 16.6.